The first-order valence-electron chi connectivity index (χ1n) is 4.56. The minimum atomic E-state index is -1.31. The smallest absolute Gasteiger partial charge is 0.323 e. The molecule has 92 valence electrons. The van der Waals surface area contributed by atoms with Crippen molar-refractivity contribution in [3.8, 4) is 0 Å². The van der Waals surface area contributed by atoms with Gasteiger partial charge >= 0.3 is 11.9 Å². The van der Waals surface area contributed by atoms with Gasteiger partial charge in [0.25, 0.3) is 5.91 Å². The highest BCUT2D eigenvalue weighted by molar-refractivity contribution is 5.95. The maximum Gasteiger partial charge on any atom is 0.323 e. The monoisotopic (exact) mass is 242 g/mol. The molecule has 17 heavy (non-hydrogen) atoms. The lowest BCUT2D eigenvalue weighted by atomic mass is 10.3. The highest BCUT2D eigenvalue weighted by Gasteiger charge is 2.23. The molecule has 1 heterocycles. The van der Waals surface area contributed by atoms with Crippen molar-refractivity contribution in [2.75, 3.05) is 13.1 Å². The highest BCUT2D eigenvalue weighted by atomic mass is 16.5. The van der Waals surface area contributed by atoms with Gasteiger partial charge in [-0.25, -0.2) is 0 Å². The van der Waals surface area contributed by atoms with Crippen molar-refractivity contribution >= 4 is 17.8 Å². The molecule has 0 atom stereocenters. The normalized spacial score (nSPS) is 9.94. The molecule has 1 aromatic rings. The Kier molecular flexibility index (Phi) is 3.81. The maximum atomic E-state index is 11.7. The summed E-state index contributed by atoms with van der Waals surface area (Å²) in [6, 6.07) is 1.30. The Labute approximate surface area is 95.4 Å². The SMILES string of the molecule is Cc1cc(C(=O)N(CC(=O)O)CC(=O)O)no1. The quantitative estimate of drug-likeness (QED) is 0.720. The second-order valence-corrected chi connectivity index (χ2v) is 3.27. The molecular formula is C9H10N2O6. The van der Waals surface area contributed by atoms with E-state index in [9.17, 15) is 14.4 Å². The van der Waals surface area contributed by atoms with Crippen LogP contribution in [0.2, 0.25) is 0 Å². The van der Waals surface area contributed by atoms with Gasteiger partial charge in [0, 0.05) is 6.07 Å². The summed E-state index contributed by atoms with van der Waals surface area (Å²) in [6.45, 7) is 0.136. The Morgan fingerprint density at radius 1 is 1.29 bits per heavy atom. The molecule has 2 N–H and O–H groups in total. The minimum absolute atomic E-state index is 0.120. The molecule has 1 amide bonds. The number of nitrogens with zero attached hydrogens (tertiary/aromatic N) is 2. The lowest BCUT2D eigenvalue weighted by Gasteiger charge is -2.16. The molecular weight excluding hydrogens is 232 g/mol. The van der Waals surface area contributed by atoms with Crippen molar-refractivity contribution in [1.82, 2.24) is 10.1 Å². The Balaban J connectivity index is 2.85. The Morgan fingerprint density at radius 3 is 2.18 bits per heavy atom. The summed E-state index contributed by atoms with van der Waals surface area (Å²) in [5.41, 5.74) is -0.120. The number of carboxylic acids is 2. The van der Waals surface area contributed by atoms with Crippen LogP contribution in [0.4, 0.5) is 0 Å². The standard InChI is InChI=1S/C9H10N2O6/c1-5-2-6(10-17-5)9(16)11(3-7(12)13)4-8(14)15/h2H,3-4H2,1H3,(H,12,13)(H,14,15). The highest BCUT2D eigenvalue weighted by Crippen LogP contribution is 2.05. The number of aromatic nitrogens is 1. The van der Waals surface area contributed by atoms with E-state index >= 15 is 0 Å². The van der Waals surface area contributed by atoms with Gasteiger partial charge in [0.15, 0.2) is 5.69 Å². The fraction of sp³-hybridized carbons (Fsp3) is 0.333. The van der Waals surface area contributed by atoms with Crippen molar-refractivity contribution in [1.29, 1.82) is 0 Å². The number of rotatable bonds is 5. The topological polar surface area (TPSA) is 121 Å². The van der Waals surface area contributed by atoms with Crippen molar-refractivity contribution in [3.05, 3.63) is 17.5 Å². The molecule has 0 aliphatic heterocycles. The van der Waals surface area contributed by atoms with E-state index in [1.165, 1.54) is 6.07 Å². The molecule has 0 aliphatic carbocycles. The van der Waals surface area contributed by atoms with Gasteiger partial charge in [-0.05, 0) is 6.92 Å². The van der Waals surface area contributed by atoms with E-state index in [2.05, 4.69) is 9.68 Å². The third-order valence-electron chi connectivity index (χ3n) is 1.79. The summed E-state index contributed by atoms with van der Waals surface area (Å²) in [5, 5.41) is 20.5. The van der Waals surface area contributed by atoms with Crippen molar-refractivity contribution in [3.63, 3.8) is 0 Å². The zero-order valence-electron chi connectivity index (χ0n) is 8.91. The number of carboxylic acid groups (broad SMARTS) is 2. The summed E-state index contributed by atoms with van der Waals surface area (Å²) >= 11 is 0. The van der Waals surface area contributed by atoms with E-state index in [1.54, 1.807) is 6.92 Å². The molecule has 0 aromatic carbocycles. The molecule has 0 spiro atoms. The summed E-state index contributed by atoms with van der Waals surface area (Å²) in [5.74, 6) is -3.04. The number of aryl methyl sites for hydroxylation is 1. The molecule has 0 fully saturated rings. The average molecular weight is 242 g/mol. The number of carbonyl (C=O) groups excluding carboxylic acids is 1. The van der Waals surface area contributed by atoms with Gasteiger partial charge in [-0.2, -0.15) is 0 Å². The van der Waals surface area contributed by atoms with Crippen molar-refractivity contribution in [2.24, 2.45) is 0 Å². The van der Waals surface area contributed by atoms with Gasteiger partial charge in [0.1, 0.15) is 18.8 Å². The van der Waals surface area contributed by atoms with Gasteiger partial charge in [-0.3, -0.25) is 14.4 Å². The van der Waals surface area contributed by atoms with Crippen LogP contribution in [0.25, 0.3) is 0 Å². The van der Waals surface area contributed by atoms with Gasteiger partial charge in [0.2, 0.25) is 0 Å². The van der Waals surface area contributed by atoms with E-state index < -0.39 is 30.9 Å². The lowest BCUT2D eigenvalue weighted by Crippen LogP contribution is -2.39. The van der Waals surface area contributed by atoms with E-state index in [1.807, 2.05) is 0 Å². The van der Waals surface area contributed by atoms with Crippen LogP contribution in [0.15, 0.2) is 10.6 Å². The molecule has 0 saturated heterocycles. The first kappa shape index (κ1) is 12.7. The van der Waals surface area contributed by atoms with Crippen LogP contribution < -0.4 is 0 Å². The molecule has 0 saturated carbocycles. The summed E-state index contributed by atoms with van der Waals surface area (Å²) < 4.78 is 4.65. The van der Waals surface area contributed by atoms with Crippen LogP contribution in [0.3, 0.4) is 0 Å². The van der Waals surface area contributed by atoms with E-state index in [-0.39, 0.29) is 5.69 Å². The van der Waals surface area contributed by atoms with Crippen LogP contribution >= 0.6 is 0 Å². The second-order valence-electron chi connectivity index (χ2n) is 3.27. The van der Waals surface area contributed by atoms with Gasteiger partial charge in [-0.15, -0.1) is 0 Å². The maximum absolute atomic E-state index is 11.7. The van der Waals surface area contributed by atoms with Crippen molar-refractivity contribution in [2.45, 2.75) is 6.92 Å². The van der Waals surface area contributed by atoms with Crippen LogP contribution in [0.5, 0.6) is 0 Å². The van der Waals surface area contributed by atoms with E-state index in [4.69, 9.17) is 10.2 Å². The fourth-order valence-electron chi connectivity index (χ4n) is 1.16. The minimum Gasteiger partial charge on any atom is -0.480 e. The van der Waals surface area contributed by atoms with Crippen LogP contribution in [-0.2, 0) is 9.59 Å². The molecule has 0 radical (unpaired) electrons. The van der Waals surface area contributed by atoms with Crippen LogP contribution in [-0.4, -0.2) is 51.2 Å². The summed E-state index contributed by atoms with van der Waals surface area (Å²) in [7, 11) is 0. The Morgan fingerprint density at radius 2 is 1.82 bits per heavy atom. The number of hydrogen-bond donors (Lipinski definition) is 2. The molecule has 8 nitrogen and oxygen atoms in total. The summed E-state index contributed by atoms with van der Waals surface area (Å²) in [4.78, 5) is 33.4. The predicted molar refractivity (Wildman–Crippen MR) is 52.4 cm³/mol. The Bertz CT molecular complexity index is 436. The lowest BCUT2D eigenvalue weighted by molar-refractivity contribution is -0.140. The first-order valence-corrected chi connectivity index (χ1v) is 4.56. The van der Waals surface area contributed by atoms with Crippen LogP contribution in [0, 0.1) is 6.92 Å². The largest absolute Gasteiger partial charge is 0.480 e. The number of carbonyl (C=O) groups is 3. The van der Waals surface area contributed by atoms with Gasteiger partial charge in [-0.1, -0.05) is 5.16 Å². The summed E-state index contributed by atoms with van der Waals surface area (Å²) in [6.07, 6.45) is 0. The third-order valence-corrected chi connectivity index (χ3v) is 1.79. The van der Waals surface area contributed by atoms with E-state index in [0.29, 0.717) is 10.7 Å². The van der Waals surface area contributed by atoms with Gasteiger partial charge < -0.3 is 19.6 Å². The zero-order valence-corrected chi connectivity index (χ0v) is 8.91. The molecule has 8 heteroatoms. The van der Waals surface area contributed by atoms with Crippen LogP contribution in [0.1, 0.15) is 16.2 Å². The molecule has 0 unspecified atom stereocenters. The molecule has 1 rings (SSSR count). The van der Waals surface area contributed by atoms with E-state index in [0.717, 1.165) is 0 Å². The third kappa shape index (κ3) is 3.59. The number of hydrogen-bond acceptors (Lipinski definition) is 5. The molecule has 1 aromatic heterocycles. The second kappa shape index (κ2) is 5.10. The number of amides is 1. The predicted octanol–water partition coefficient (Wildman–Crippen LogP) is -0.406. The first-order chi connectivity index (χ1) is 7.90. The Hall–Kier alpha value is -2.38. The van der Waals surface area contributed by atoms with Crippen molar-refractivity contribution < 1.29 is 29.1 Å². The van der Waals surface area contributed by atoms with Gasteiger partial charge in [0.05, 0.1) is 0 Å². The zero-order chi connectivity index (χ0) is 13.0. The fourth-order valence-corrected chi connectivity index (χ4v) is 1.16. The average Bonchev–Trinajstić information content (AvgIpc) is 2.61. The molecule has 0 aliphatic rings. The molecule has 0 bridgehead atoms. The number of aliphatic carboxylic acids is 2.